The minimum atomic E-state index is -0.522. The van der Waals surface area contributed by atoms with Crippen molar-refractivity contribution in [2.24, 2.45) is 5.92 Å². The number of hydrogen-bond acceptors (Lipinski definition) is 4. The van der Waals surface area contributed by atoms with E-state index in [0.717, 1.165) is 51.9 Å². The van der Waals surface area contributed by atoms with Crippen molar-refractivity contribution in [3.8, 4) is 0 Å². The predicted molar refractivity (Wildman–Crippen MR) is 98.4 cm³/mol. The lowest BCUT2D eigenvalue weighted by molar-refractivity contribution is -0.139. The molecule has 1 heterocycles. The fraction of sp³-hybridized carbons (Fsp3) is 0.895. The van der Waals surface area contributed by atoms with Crippen LogP contribution >= 0.6 is 0 Å². The third-order valence-electron chi connectivity index (χ3n) is 5.14. The Morgan fingerprint density at radius 2 is 1.64 bits per heavy atom. The molecule has 144 valence electrons. The van der Waals surface area contributed by atoms with E-state index >= 15 is 0 Å². The fourth-order valence-electron chi connectivity index (χ4n) is 3.75. The van der Waals surface area contributed by atoms with E-state index in [4.69, 9.17) is 4.74 Å². The number of piperazine rings is 1. The zero-order valence-electron chi connectivity index (χ0n) is 16.5. The van der Waals surface area contributed by atoms with Gasteiger partial charge < -0.3 is 15.0 Å². The summed E-state index contributed by atoms with van der Waals surface area (Å²) < 4.78 is 5.37. The largest absolute Gasteiger partial charge is 0.444 e. The van der Waals surface area contributed by atoms with E-state index in [2.05, 4.69) is 24.1 Å². The molecule has 0 bridgehead atoms. The first-order chi connectivity index (χ1) is 11.7. The van der Waals surface area contributed by atoms with Crippen molar-refractivity contribution in [2.75, 3.05) is 26.2 Å². The summed E-state index contributed by atoms with van der Waals surface area (Å²) in [7, 11) is 0. The number of nitrogens with zero attached hydrogens (tertiary/aromatic N) is 2. The van der Waals surface area contributed by atoms with Crippen molar-refractivity contribution < 1.29 is 14.3 Å². The summed E-state index contributed by atoms with van der Waals surface area (Å²) in [5.74, 6) is 0.0797. The maximum atomic E-state index is 13.0. The topological polar surface area (TPSA) is 61.9 Å². The molecule has 0 aromatic rings. The van der Waals surface area contributed by atoms with Crippen molar-refractivity contribution in [1.29, 1.82) is 0 Å². The van der Waals surface area contributed by atoms with Crippen molar-refractivity contribution >= 4 is 12.0 Å². The van der Waals surface area contributed by atoms with Crippen LogP contribution in [0.15, 0.2) is 0 Å². The van der Waals surface area contributed by atoms with Crippen LogP contribution in [0.2, 0.25) is 0 Å². The van der Waals surface area contributed by atoms with E-state index in [1.165, 1.54) is 0 Å². The molecule has 0 spiro atoms. The normalized spacial score (nSPS) is 25.8. The second-order valence-electron chi connectivity index (χ2n) is 8.60. The van der Waals surface area contributed by atoms with Crippen molar-refractivity contribution in [3.05, 3.63) is 0 Å². The van der Waals surface area contributed by atoms with E-state index in [1.54, 1.807) is 0 Å². The number of nitrogens with one attached hydrogen (secondary N) is 1. The van der Waals surface area contributed by atoms with Gasteiger partial charge in [0.05, 0.1) is 5.92 Å². The van der Waals surface area contributed by atoms with Gasteiger partial charge in [0.1, 0.15) is 5.60 Å². The van der Waals surface area contributed by atoms with E-state index < -0.39 is 11.7 Å². The molecule has 0 aromatic heterocycles. The molecule has 1 saturated heterocycles. The molecule has 0 radical (unpaired) electrons. The number of alkyl carbamates (subject to hydrolysis) is 1. The molecule has 1 N–H and O–H groups in total. The fourth-order valence-corrected chi connectivity index (χ4v) is 3.75. The first-order valence-electron chi connectivity index (χ1n) is 9.70. The molecule has 25 heavy (non-hydrogen) atoms. The SMILES string of the molecule is CC(C)N1CCN(C(=O)C2CCCCC2NC(=O)OC(C)(C)C)CC1. The van der Waals surface area contributed by atoms with Crippen LogP contribution in [0.25, 0.3) is 0 Å². The summed E-state index contributed by atoms with van der Waals surface area (Å²) in [6, 6.07) is 0.410. The van der Waals surface area contributed by atoms with Gasteiger partial charge in [0, 0.05) is 38.3 Å². The van der Waals surface area contributed by atoms with Crippen LogP contribution in [0.5, 0.6) is 0 Å². The predicted octanol–water partition coefficient (Wildman–Crippen LogP) is 2.62. The van der Waals surface area contributed by atoms with Crippen LogP contribution < -0.4 is 5.32 Å². The van der Waals surface area contributed by atoms with Crippen LogP contribution in [0.1, 0.15) is 60.3 Å². The molecule has 1 saturated carbocycles. The minimum Gasteiger partial charge on any atom is -0.444 e. The molecule has 2 rings (SSSR count). The third-order valence-corrected chi connectivity index (χ3v) is 5.14. The number of rotatable bonds is 3. The molecule has 2 unspecified atom stereocenters. The van der Waals surface area contributed by atoms with Crippen LogP contribution in [-0.2, 0) is 9.53 Å². The third kappa shape index (κ3) is 5.87. The average Bonchev–Trinajstić information content (AvgIpc) is 2.53. The lowest BCUT2D eigenvalue weighted by Gasteiger charge is -2.40. The second kappa shape index (κ2) is 8.39. The van der Waals surface area contributed by atoms with Gasteiger partial charge in [-0.25, -0.2) is 4.79 Å². The highest BCUT2D eigenvalue weighted by Crippen LogP contribution is 2.27. The lowest BCUT2D eigenvalue weighted by Crippen LogP contribution is -2.55. The van der Waals surface area contributed by atoms with Gasteiger partial charge in [-0.2, -0.15) is 0 Å². The molecule has 2 aliphatic rings. The van der Waals surface area contributed by atoms with Gasteiger partial charge in [0.15, 0.2) is 0 Å². The monoisotopic (exact) mass is 353 g/mol. The summed E-state index contributed by atoms with van der Waals surface area (Å²) >= 11 is 0. The summed E-state index contributed by atoms with van der Waals surface area (Å²) in [6.45, 7) is 13.4. The van der Waals surface area contributed by atoms with Crippen molar-refractivity contribution in [3.63, 3.8) is 0 Å². The average molecular weight is 354 g/mol. The summed E-state index contributed by atoms with van der Waals surface area (Å²) in [4.78, 5) is 29.5. The molecular formula is C19H35N3O3. The van der Waals surface area contributed by atoms with Crippen LogP contribution in [0.4, 0.5) is 4.79 Å². The molecule has 2 atom stereocenters. The van der Waals surface area contributed by atoms with Gasteiger partial charge in [-0.3, -0.25) is 9.69 Å². The summed E-state index contributed by atoms with van der Waals surface area (Å²) in [6.07, 6.45) is 3.38. The number of carbonyl (C=O) groups excluding carboxylic acids is 2. The maximum absolute atomic E-state index is 13.0. The summed E-state index contributed by atoms with van der Waals surface area (Å²) in [5.41, 5.74) is -0.522. The Kier molecular flexibility index (Phi) is 6.72. The highest BCUT2D eigenvalue weighted by Gasteiger charge is 2.36. The van der Waals surface area contributed by atoms with Gasteiger partial charge in [-0.15, -0.1) is 0 Å². The Hall–Kier alpha value is -1.30. The van der Waals surface area contributed by atoms with Gasteiger partial charge in [-0.05, 0) is 47.5 Å². The number of carbonyl (C=O) groups is 2. The molecule has 6 nitrogen and oxygen atoms in total. The second-order valence-corrected chi connectivity index (χ2v) is 8.60. The zero-order valence-corrected chi connectivity index (χ0v) is 16.5. The van der Waals surface area contributed by atoms with Crippen LogP contribution in [0.3, 0.4) is 0 Å². The first-order valence-corrected chi connectivity index (χ1v) is 9.70. The van der Waals surface area contributed by atoms with E-state index in [-0.39, 0.29) is 17.9 Å². The van der Waals surface area contributed by atoms with E-state index in [0.29, 0.717) is 6.04 Å². The Labute approximate surface area is 152 Å². The zero-order chi connectivity index (χ0) is 18.6. The Balaban J connectivity index is 1.93. The highest BCUT2D eigenvalue weighted by molar-refractivity contribution is 5.81. The molecule has 1 aliphatic heterocycles. The van der Waals surface area contributed by atoms with Crippen molar-refractivity contribution in [2.45, 2.75) is 78.0 Å². The molecule has 2 amide bonds. The molecule has 2 fully saturated rings. The molecule has 6 heteroatoms. The summed E-state index contributed by atoms with van der Waals surface area (Å²) in [5, 5.41) is 2.95. The lowest BCUT2D eigenvalue weighted by atomic mass is 9.83. The van der Waals surface area contributed by atoms with E-state index in [9.17, 15) is 9.59 Å². The van der Waals surface area contributed by atoms with Crippen molar-refractivity contribution in [1.82, 2.24) is 15.1 Å². The number of ether oxygens (including phenoxy) is 1. The van der Waals surface area contributed by atoms with Gasteiger partial charge in [0.25, 0.3) is 0 Å². The highest BCUT2D eigenvalue weighted by atomic mass is 16.6. The van der Waals surface area contributed by atoms with Gasteiger partial charge in [-0.1, -0.05) is 12.8 Å². The standard InChI is InChI=1S/C19H35N3O3/c1-14(2)21-10-12-22(13-11-21)17(23)15-8-6-7-9-16(15)20-18(24)25-19(3,4)5/h14-16H,6-13H2,1-5H3,(H,20,24). The Bertz CT molecular complexity index is 465. The quantitative estimate of drug-likeness (QED) is 0.847. The van der Waals surface area contributed by atoms with Crippen LogP contribution in [0, 0.1) is 5.92 Å². The smallest absolute Gasteiger partial charge is 0.407 e. The Morgan fingerprint density at radius 3 is 2.20 bits per heavy atom. The Morgan fingerprint density at radius 1 is 1.04 bits per heavy atom. The molecule has 1 aliphatic carbocycles. The first kappa shape index (κ1) is 20.0. The van der Waals surface area contributed by atoms with Gasteiger partial charge >= 0.3 is 6.09 Å². The molecular weight excluding hydrogens is 318 g/mol. The van der Waals surface area contributed by atoms with E-state index in [1.807, 2.05) is 25.7 Å². The van der Waals surface area contributed by atoms with Crippen LogP contribution in [-0.4, -0.2) is 65.7 Å². The van der Waals surface area contributed by atoms with Gasteiger partial charge in [0.2, 0.25) is 5.91 Å². The minimum absolute atomic E-state index is 0.112. The number of hydrogen-bond donors (Lipinski definition) is 1. The number of amides is 2. The maximum Gasteiger partial charge on any atom is 0.407 e. The molecule has 0 aromatic carbocycles.